The number of aromatic nitrogens is 2. The maximum absolute atomic E-state index is 11.7. The van der Waals surface area contributed by atoms with Crippen LogP contribution in [0, 0.1) is 0 Å². The topological polar surface area (TPSA) is 81.0 Å². The quantitative estimate of drug-likeness (QED) is 0.435. The molecule has 3 aromatic rings. The Balaban J connectivity index is 1.91. The SMILES string of the molecule is CC(C)[Si](OCc1cccc(-c2nc3c(C(N)=O)cccc3[nH]2)c1)(C(C)C)C(C)C. The summed E-state index contributed by atoms with van der Waals surface area (Å²) in [5.74, 6) is 0.249. The number of rotatable bonds is 8. The van der Waals surface area contributed by atoms with Crippen LogP contribution in [-0.2, 0) is 11.0 Å². The van der Waals surface area contributed by atoms with Crippen molar-refractivity contribution in [2.75, 3.05) is 0 Å². The molecule has 3 N–H and O–H groups in total. The zero-order chi connectivity index (χ0) is 22.1. The number of nitrogens with zero attached hydrogens (tertiary/aromatic N) is 1. The van der Waals surface area contributed by atoms with E-state index in [4.69, 9.17) is 10.2 Å². The first-order valence-electron chi connectivity index (χ1n) is 10.7. The number of H-pyrrole nitrogens is 1. The van der Waals surface area contributed by atoms with Crippen molar-refractivity contribution in [2.45, 2.75) is 64.8 Å². The Kier molecular flexibility index (Phi) is 6.48. The molecule has 0 spiro atoms. The molecule has 0 radical (unpaired) electrons. The number of para-hydroxylation sites is 1. The van der Waals surface area contributed by atoms with Crippen LogP contribution in [0.1, 0.15) is 57.5 Å². The van der Waals surface area contributed by atoms with Crippen LogP contribution in [-0.4, -0.2) is 24.2 Å². The molecule has 1 amide bonds. The maximum Gasteiger partial charge on any atom is 0.250 e. The zero-order valence-electron chi connectivity index (χ0n) is 18.8. The molecule has 30 heavy (non-hydrogen) atoms. The summed E-state index contributed by atoms with van der Waals surface area (Å²) in [6, 6.07) is 13.7. The molecule has 0 fully saturated rings. The third-order valence-electron chi connectivity index (χ3n) is 6.17. The minimum atomic E-state index is -1.93. The van der Waals surface area contributed by atoms with Gasteiger partial charge >= 0.3 is 0 Å². The highest BCUT2D eigenvalue weighted by Crippen LogP contribution is 2.42. The zero-order valence-corrected chi connectivity index (χ0v) is 19.8. The predicted molar refractivity (Wildman–Crippen MR) is 126 cm³/mol. The second-order valence-corrected chi connectivity index (χ2v) is 14.4. The summed E-state index contributed by atoms with van der Waals surface area (Å²) in [7, 11) is -1.93. The van der Waals surface area contributed by atoms with Gasteiger partial charge in [0.15, 0.2) is 0 Å². The van der Waals surface area contributed by atoms with Crippen LogP contribution in [0.3, 0.4) is 0 Å². The molecule has 1 heterocycles. The largest absolute Gasteiger partial charge is 0.412 e. The van der Waals surface area contributed by atoms with Crippen LogP contribution >= 0.6 is 0 Å². The Bertz CT molecular complexity index is 1020. The van der Waals surface area contributed by atoms with Crippen molar-refractivity contribution in [2.24, 2.45) is 5.73 Å². The summed E-state index contributed by atoms with van der Waals surface area (Å²) < 4.78 is 6.75. The van der Waals surface area contributed by atoms with Gasteiger partial charge in [-0.3, -0.25) is 4.79 Å². The molecular weight excluding hydrogens is 390 g/mol. The van der Waals surface area contributed by atoms with Gasteiger partial charge in [0.1, 0.15) is 11.3 Å². The first-order valence-corrected chi connectivity index (χ1v) is 12.8. The summed E-state index contributed by atoms with van der Waals surface area (Å²) in [4.78, 5) is 19.7. The molecule has 0 saturated heterocycles. The van der Waals surface area contributed by atoms with Crippen molar-refractivity contribution in [3.63, 3.8) is 0 Å². The Morgan fingerprint density at radius 1 is 1.03 bits per heavy atom. The Morgan fingerprint density at radius 2 is 1.67 bits per heavy atom. The Labute approximate surface area is 180 Å². The highest BCUT2D eigenvalue weighted by Gasteiger charge is 2.44. The molecule has 0 aliphatic heterocycles. The van der Waals surface area contributed by atoms with Gasteiger partial charge in [0.05, 0.1) is 17.7 Å². The smallest absolute Gasteiger partial charge is 0.250 e. The lowest BCUT2D eigenvalue weighted by molar-refractivity contribution is 0.100. The molecular formula is C24H33N3O2Si. The summed E-state index contributed by atoms with van der Waals surface area (Å²) in [5.41, 5.74) is 11.1. The van der Waals surface area contributed by atoms with E-state index in [-0.39, 0.29) is 0 Å². The molecule has 160 valence electrons. The third-order valence-corrected chi connectivity index (χ3v) is 12.2. The Hall–Kier alpha value is -2.44. The summed E-state index contributed by atoms with van der Waals surface area (Å²) in [6.07, 6.45) is 0. The fourth-order valence-corrected chi connectivity index (χ4v) is 10.3. The maximum atomic E-state index is 11.7. The van der Waals surface area contributed by atoms with Crippen molar-refractivity contribution in [3.05, 3.63) is 53.6 Å². The average Bonchev–Trinajstić information content (AvgIpc) is 3.12. The molecule has 1 aromatic heterocycles. The first-order chi connectivity index (χ1) is 14.2. The minimum Gasteiger partial charge on any atom is -0.412 e. The van der Waals surface area contributed by atoms with Crippen molar-refractivity contribution in [1.29, 1.82) is 0 Å². The van der Waals surface area contributed by atoms with E-state index in [2.05, 4.69) is 63.6 Å². The molecule has 5 nitrogen and oxygen atoms in total. The lowest BCUT2D eigenvalue weighted by Gasteiger charge is -2.42. The van der Waals surface area contributed by atoms with Gasteiger partial charge in [0.2, 0.25) is 8.32 Å². The minimum absolute atomic E-state index is 0.427. The van der Waals surface area contributed by atoms with E-state index < -0.39 is 14.2 Å². The lowest BCUT2D eigenvalue weighted by Crippen LogP contribution is -2.47. The van der Waals surface area contributed by atoms with Crippen molar-refractivity contribution >= 4 is 25.3 Å². The molecule has 6 heteroatoms. The fraction of sp³-hybridized carbons (Fsp3) is 0.417. The monoisotopic (exact) mass is 423 g/mol. The number of carbonyl (C=O) groups excluding carboxylic acids is 1. The van der Waals surface area contributed by atoms with Crippen molar-refractivity contribution in [1.82, 2.24) is 9.97 Å². The average molecular weight is 424 g/mol. The highest BCUT2D eigenvalue weighted by atomic mass is 28.4. The number of hydrogen-bond donors (Lipinski definition) is 2. The van der Waals surface area contributed by atoms with Crippen molar-refractivity contribution < 1.29 is 9.22 Å². The van der Waals surface area contributed by atoms with Crippen LogP contribution < -0.4 is 5.73 Å². The van der Waals surface area contributed by atoms with Gasteiger partial charge < -0.3 is 15.1 Å². The van der Waals surface area contributed by atoms with Gasteiger partial charge in [-0.25, -0.2) is 4.98 Å². The summed E-state index contributed by atoms with van der Waals surface area (Å²) in [5, 5.41) is 0. The number of primary amides is 1. The van der Waals surface area contributed by atoms with E-state index >= 15 is 0 Å². The van der Waals surface area contributed by atoms with Crippen LogP contribution in [0.25, 0.3) is 22.4 Å². The number of aromatic amines is 1. The fourth-order valence-electron chi connectivity index (χ4n) is 4.88. The molecule has 2 aromatic carbocycles. The summed E-state index contributed by atoms with van der Waals surface area (Å²) in [6.45, 7) is 14.4. The summed E-state index contributed by atoms with van der Waals surface area (Å²) >= 11 is 0. The number of amides is 1. The van der Waals surface area contributed by atoms with E-state index in [1.807, 2.05) is 24.3 Å². The van der Waals surface area contributed by atoms with E-state index in [0.29, 0.717) is 34.3 Å². The van der Waals surface area contributed by atoms with E-state index in [9.17, 15) is 4.79 Å². The Morgan fingerprint density at radius 3 is 2.27 bits per heavy atom. The second kappa shape index (κ2) is 8.74. The van der Waals surface area contributed by atoms with Crippen molar-refractivity contribution in [3.8, 4) is 11.4 Å². The van der Waals surface area contributed by atoms with Gasteiger partial charge in [-0.05, 0) is 40.4 Å². The third kappa shape index (κ3) is 4.07. The number of hydrogen-bond acceptors (Lipinski definition) is 3. The molecule has 0 unspecified atom stereocenters. The van der Waals surface area contributed by atoms with Crippen LogP contribution in [0.15, 0.2) is 42.5 Å². The van der Waals surface area contributed by atoms with Gasteiger partial charge in [-0.1, -0.05) is 65.8 Å². The van der Waals surface area contributed by atoms with Gasteiger partial charge in [0, 0.05) is 5.56 Å². The highest BCUT2D eigenvalue weighted by molar-refractivity contribution is 6.77. The van der Waals surface area contributed by atoms with E-state index in [0.717, 1.165) is 22.5 Å². The molecule has 3 rings (SSSR count). The molecule has 0 aliphatic rings. The van der Waals surface area contributed by atoms with Gasteiger partial charge in [-0.15, -0.1) is 0 Å². The number of nitrogens with one attached hydrogen (secondary N) is 1. The van der Waals surface area contributed by atoms with Gasteiger partial charge in [0.25, 0.3) is 5.91 Å². The predicted octanol–water partition coefficient (Wildman–Crippen LogP) is 6.02. The van der Waals surface area contributed by atoms with Crippen LogP contribution in [0.2, 0.25) is 16.6 Å². The second-order valence-electron chi connectivity index (χ2n) is 8.96. The van der Waals surface area contributed by atoms with Crippen LogP contribution in [0.4, 0.5) is 0 Å². The normalized spacial score (nSPS) is 12.4. The lowest BCUT2D eigenvalue weighted by atomic mass is 10.1. The standard InChI is InChI=1S/C24H33N3O2Si/c1-15(2)30(16(3)4,17(5)6)29-14-18-9-7-10-19(13-18)24-26-21-12-8-11-20(23(25)28)22(21)27-24/h7-13,15-17H,14H2,1-6H3,(H2,25,28)(H,26,27). The number of benzene rings is 2. The van der Waals surface area contributed by atoms with E-state index in [1.54, 1.807) is 6.07 Å². The molecule has 0 aliphatic carbocycles. The molecule has 0 bridgehead atoms. The van der Waals surface area contributed by atoms with E-state index in [1.165, 1.54) is 0 Å². The number of fused-ring (bicyclic) bond motifs is 1. The number of imidazole rings is 1. The van der Waals surface area contributed by atoms with Gasteiger partial charge in [-0.2, -0.15) is 0 Å². The molecule has 0 atom stereocenters. The number of carbonyl (C=O) groups is 1. The van der Waals surface area contributed by atoms with Crippen LogP contribution in [0.5, 0.6) is 0 Å². The first kappa shape index (κ1) is 22.2. The molecule has 0 saturated carbocycles. The number of nitrogens with two attached hydrogens (primary N) is 1.